The Kier molecular flexibility index (Phi) is 3.83. The molecule has 1 N–H and O–H groups in total. The van der Waals surface area contributed by atoms with Crippen LogP contribution in [0.2, 0.25) is 0 Å². The highest BCUT2D eigenvalue weighted by Crippen LogP contribution is 2.25. The van der Waals surface area contributed by atoms with E-state index < -0.39 is 0 Å². The predicted molar refractivity (Wildman–Crippen MR) is 67.8 cm³/mol. The molecule has 1 aromatic carbocycles. The van der Waals surface area contributed by atoms with Gasteiger partial charge in [0.15, 0.2) is 0 Å². The van der Waals surface area contributed by atoms with Crippen LogP contribution in [0.1, 0.15) is 37.8 Å². The first-order valence-electron chi connectivity index (χ1n) is 6.25. The number of anilines is 1. The molecule has 0 saturated heterocycles. The number of nitrogens with one attached hydrogen (secondary N) is 1. The Bertz CT molecular complexity index is 349. The van der Waals surface area contributed by atoms with Crippen molar-refractivity contribution in [1.29, 1.82) is 0 Å². The maximum absolute atomic E-state index is 5.56. The number of hydrogen-bond acceptors (Lipinski definition) is 2. The molecule has 0 spiro atoms. The van der Waals surface area contributed by atoms with E-state index in [0.717, 1.165) is 19.6 Å². The van der Waals surface area contributed by atoms with E-state index in [0.29, 0.717) is 6.04 Å². The van der Waals surface area contributed by atoms with E-state index in [2.05, 4.69) is 37.4 Å². The smallest absolute Gasteiger partial charge is 0.0716 e. The molecule has 0 amide bonds. The number of aryl methyl sites for hydroxylation is 1. The third-order valence-electron chi connectivity index (χ3n) is 3.04. The molecular weight excluding hydrogens is 198 g/mol. The van der Waals surface area contributed by atoms with Gasteiger partial charge in [-0.1, -0.05) is 19.1 Å². The van der Waals surface area contributed by atoms with E-state index in [-0.39, 0.29) is 0 Å². The molecule has 2 heteroatoms. The minimum atomic E-state index is 0.606. The van der Waals surface area contributed by atoms with E-state index >= 15 is 0 Å². The van der Waals surface area contributed by atoms with Gasteiger partial charge in [-0.15, -0.1) is 0 Å². The molecule has 0 aliphatic carbocycles. The molecule has 2 nitrogen and oxygen atoms in total. The Morgan fingerprint density at radius 1 is 1.44 bits per heavy atom. The monoisotopic (exact) mass is 219 g/mol. The fraction of sp³-hybridized carbons (Fsp3) is 0.571. The second-order valence-electron chi connectivity index (χ2n) is 4.63. The minimum Gasteiger partial charge on any atom is -0.382 e. The summed E-state index contributed by atoms with van der Waals surface area (Å²) < 4.78 is 5.56. The van der Waals surface area contributed by atoms with E-state index in [1.807, 2.05) is 0 Å². The highest BCUT2D eigenvalue weighted by Gasteiger charge is 2.13. The van der Waals surface area contributed by atoms with Gasteiger partial charge in [0.1, 0.15) is 0 Å². The summed E-state index contributed by atoms with van der Waals surface area (Å²) in [6.07, 6.45) is 3.50. The third-order valence-corrected chi connectivity index (χ3v) is 3.04. The van der Waals surface area contributed by atoms with Gasteiger partial charge in [0.2, 0.25) is 0 Å². The molecule has 0 aromatic heterocycles. The van der Waals surface area contributed by atoms with Gasteiger partial charge >= 0.3 is 0 Å². The molecule has 0 fully saturated rings. The van der Waals surface area contributed by atoms with Gasteiger partial charge in [-0.25, -0.2) is 0 Å². The molecule has 1 aliphatic heterocycles. The third kappa shape index (κ3) is 2.76. The highest BCUT2D eigenvalue weighted by atomic mass is 16.5. The summed E-state index contributed by atoms with van der Waals surface area (Å²) in [7, 11) is 0. The SMILES string of the molecule is CCCOCc1ccc2c(c1)CCC(C)N2. The van der Waals surface area contributed by atoms with Crippen molar-refractivity contribution in [3.63, 3.8) is 0 Å². The summed E-state index contributed by atoms with van der Waals surface area (Å²) in [5, 5.41) is 3.51. The summed E-state index contributed by atoms with van der Waals surface area (Å²) >= 11 is 0. The summed E-state index contributed by atoms with van der Waals surface area (Å²) in [6.45, 7) is 5.97. The lowest BCUT2D eigenvalue weighted by Crippen LogP contribution is -2.21. The lowest BCUT2D eigenvalue weighted by Gasteiger charge is -2.24. The number of rotatable bonds is 4. The van der Waals surface area contributed by atoms with E-state index in [4.69, 9.17) is 4.74 Å². The van der Waals surface area contributed by atoms with Crippen LogP contribution in [0.3, 0.4) is 0 Å². The molecular formula is C14H21NO. The van der Waals surface area contributed by atoms with Crippen LogP contribution in [0.15, 0.2) is 18.2 Å². The van der Waals surface area contributed by atoms with Gasteiger partial charge in [0.25, 0.3) is 0 Å². The Morgan fingerprint density at radius 3 is 3.12 bits per heavy atom. The highest BCUT2D eigenvalue weighted by molar-refractivity contribution is 5.55. The summed E-state index contributed by atoms with van der Waals surface area (Å²) in [5.41, 5.74) is 4.04. The zero-order valence-corrected chi connectivity index (χ0v) is 10.3. The largest absolute Gasteiger partial charge is 0.382 e. The lowest BCUT2D eigenvalue weighted by atomic mass is 9.97. The minimum absolute atomic E-state index is 0.606. The average Bonchev–Trinajstić information content (AvgIpc) is 2.29. The lowest BCUT2D eigenvalue weighted by molar-refractivity contribution is 0.121. The first-order chi connectivity index (χ1) is 7.79. The topological polar surface area (TPSA) is 21.3 Å². The van der Waals surface area contributed by atoms with Crippen molar-refractivity contribution in [3.8, 4) is 0 Å². The van der Waals surface area contributed by atoms with Crippen molar-refractivity contribution in [2.24, 2.45) is 0 Å². The summed E-state index contributed by atoms with van der Waals surface area (Å²) in [6, 6.07) is 7.24. The molecule has 1 heterocycles. The van der Waals surface area contributed by atoms with Gasteiger partial charge in [-0.2, -0.15) is 0 Å². The van der Waals surface area contributed by atoms with Crippen molar-refractivity contribution in [3.05, 3.63) is 29.3 Å². The fourth-order valence-corrected chi connectivity index (χ4v) is 2.13. The second-order valence-corrected chi connectivity index (χ2v) is 4.63. The van der Waals surface area contributed by atoms with Gasteiger partial charge in [0, 0.05) is 18.3 Å². The zero-order valence-electron chi connectivity index (χ0n) is 10.3. The Morgan fingerprint density at radius 2 is 2.31 bits per heavy atom. The van der Waals surface area contributed by atoms with Crippen LogP contribution in [0.25, 0.3) is 0 Å². The molecule has 1 aromatic rings. The first kappa shape index (κ1) is 11.5. The normalized spacial score (nSPS) is 19.0. The number of benzene rings is 1. The van der Waals surface area contributed by atoms with E-state index in [9.17, 15) is 0 Å². The Balaban J connectivity index is 2.02. The van der Waals surface area contributed by atoms with Gasteiger partial charge < -0.3 is 10.1 Å². The molecule has 0 saturated carbocycles. The molecule has 88 valence electrons. The number of ether oxygens (including phenoxy) is 1. The van der Waals surface area contributed by atoms with Crippen LogP contribution in [-0.4, -0.2) is 12.6 Å². The van der Waals surface area contributed by atoms with E-state index in [1.165, 1.54) is 29.7 Å². The van der Waals surface area contributed by atoms with Crippen molar-refractivity contribution in [1.82, 2.24) is 0 Å². The van der Waals surface area contributed by atoms with Crippen LogP contribution < -0.4 is 5.32 Å². The number of hydrogen-bond donors (Lipinski definition) is 1. The van der Waals surface area contributed by atoms with Crippen LogP contribution in [0.5, 0.6) is 0 Å². The molecule has 2 rings (SSSR count). The molecule has 1 atom stereocenters. The van der Waals surface area contributed by atoms with Crippen LogP contribution >= 0.6 is 0 Å². The molecule has 0 radical (unpaired) electrons. The molecule has 0 bridgehead atoms. The van der Waals surface area contributed by atoms with Crippen molar-refractivity contribution >= 4 is 5.69 Å². The van der Waals surface area contributed by atoms with Crippen LogP contribution in [0, 0.1) is 0 Å². The maximum Gasteiger partial charge on any atom is 0.0716 e. The predicted octanol–water partition coefficient (Wildman–Crippen LogP) is 3.36. The van der Waals surface area contributed by atoms with E-state index in [1.54, 1.807) is 0 Å². The number of fused-ring (bicyclic) bond motifs is 1. The van der Waals surface area contributed by atoms with Crippen molar-refractivity contribution in [2.75, 3.05) is 11.9 Å². The first-order valence-corrected chi connectivity index (χ1v) is 6.25. The second kappa shape index (κ2) is 5.35. The molecule has 16 heavy (non-hydrogen) atoms. The summed E-state index contributed by atoms with van der Waals surface area (Å²) in [5.74, 6) is 0. The summed E-state index contributed by atoms with van der Waals surface area (Å²) in [4.78, 5) is 0. The van der Waals surface area contributed by atoms with Crippen LogP contribution in [-0.2, 0) is 17.8 Å². The quantitative estimate of drug-likeness (QED) is 0.784. The molecule has 1 unspecified atom stereocenters. The molecule has 1 aliphatic rings. The standard InChI is InChI=1S/C14H21NO/c1-3-8-16-10-12-5-7-14-13(9-12)6-4-11(2)15-14/h5,7,9,11,15H,3-4,6,8,10H2,1-2H3. The fourth-order valence-electron chi connectivity index (χ4n) is 2.13. The van der Waals surface area contributed by atoms with Gasteiger partial charge in [0.05, 0.1) is 6.61 Å². The Labute approximate surface area is 98.0 Å². The van der Waals surface area contributed by atoms with Gasteiger partial charge in [-0.3, -0.25) is 0 Å². The Hall–Kier alpha value is -1.02. The average molecular weight is 219 g/mol. The maximum atomic E-state index is 5.56. The van der Waals surface area contributed by atoms with Crippen molar-refractivity contribution < 1.29 is 4.74 Å². The van der Waals surface area contributed by atoms with Crippen molar-refractivity contribution in [2.45, 2.75) is 45.8 Å². The van der Waals surface area contributed by atoms with Gasteiger partial charge in [-0.05, 0) is 43.4 Å². The van der Waals surface area contributed by atoms with Crippen LogP contribution in [0.4, 0.5) is 5.69 Å². The zero-order chi connectivity index (χ0) is 11.4.